The molecule has 2 aliphatic heterocycles. The molecule has 1 spiro atoms. The van der Waals surface area contributed by atoms with Crippen LogP contribution in [0.3, 0.4) is 0 Å². The number of aromatic nitrogens is 1. The zero-order valence-electron chi connectivity index (χ0n) is 18.8. The van der Waals surface area contributed by atoms with Crippen LogP contribution in [0.5, 0.6) is 5.75 Å². The van der Waals surface area contributed by atoms with Crippen molar-refractivity contribution in [2.75, 3.05) is 33.4 Å². The Kier molecular flexibility index (Phi) is 6.30. The molecule has 5 rings (SSSR count). The Morgan fingerprint density at radius 1 is 1.03 bits per heavy atom. The number of ether oxygens (including phenoxy) is 3. The number of rotatable bonds is 6. The topological polar surface area (TPSA) is 35.9 Å². The first-order valence-corrected chi connectivity index (χ1v) is 11.6. The van der Waals surface area contributed by atoms with Crippen molar-refractivity contribution in [2.45, 2.75) is 38.1 Å². The number of nitrogens with zero attached hydrogens (tertiary/aromatic N) is 2. The molecule has 0 unspecified atom stereocenters. The van der Waals surface area contributed by atoms with Gasteiger partial charge in [-0.1, -0.05) is 42.5 Å². The lowest BCUT2D eigenvalue weighted by atomic mass is 10.0. The van der Waals surface area contributed by atoms with Crippen LogP contribution in [-0.4, -0.2) is 48.7 Å². The van der Waals surface area contributed by atoms with Crippen molar-refractivity contribution >= 4 is 17.0 Å². The Morgan fingerprint density at radius 2 is 1.81 bits per heavy atom. The summed E-state index contributed by atoms with van der Waals surface area (Å²) in [5.41, 5.74) is 3.79. The van der Waals surface area contributed by atoms with Gasteiger partial charge in [0.15, 0.2) is 5.79 Å². The second kappa shape index (κ2) is 9.49. The summed E-state index contributed by atoms with van der Waals surface area (Å²) < 4.78 is 19.9. The molecule has 0 amide bonds. The minimum absolute atomic E-state index is 0.335. The molecule has 0 bridgehead atoms. The minimum atomic E-state index is -0.335. The summed E-state index contributed by atoms with van der Waals surface area (Å²) in [6, 6.07) is 16.8. The van der Waals surface area contributed by atoms with E-state index < -0.39 is 0 Å². The fourth-order valence-electron chi connectivity index (χ4n) is 4.82. The van der Waals surface area contributed by atoms with Gasteiger partial charge in [0.2, 0.25) is 0 Å². The number of hydrogen-bond donors (Lipinski definition) is 0. The third-order valence-electron chi connectivity index (χ3n) is 6.61. The first-order valence-electron chi connectivity index (χ1n) is 11.6. The average Bonchev–Trinajstić information content (AvgIpc) is 3.18. The Hall–Kier alpha value is -2.60. The van der Waals surface area contributed by atoms with Crippen molar-refractivity contribution in [1.29, 1.82) is 0 Å². The van der Waals surface area contributed by atoms with E-state index in [9.17, 15) is 0 Å². The summed E-state index contributed by atoms with van der Waals surface area (Å²) in [5.74, 6) is 0.556. The lowest BCUT2D eigenvalue weighted by molar-refractivity contribution is -0.284. The number of methoxy groups -OCH3 is 1. The molecule has 32 heavy (non-hydrogen) atoms. The summed E-state index contributed by atoms with van der Waals surface area (Å²) in [6.07, 6.45) is 9.60. The molecule has 3 aromatic rings. The number of benzene rings is 2. The highest BCUT2D eigenvalue weighted by Crippen LogP contribution is 2.33. The first-order chi connectivity index (χ1) is 15.7. The fraction of sp³-hybridized carbons (Fsp3) is 0.407. The van der Waals surface area contributed by atoms with Gasteiger partial charge < -0.3 is 18.8 Å². The molecule has 0 aliphatic carbocycles. The maximum Gasteiger partial charge on any atom is 0.170 e. The van der Waals surface area contributed by atoms with Gasteiger partial charge in [-0.25, -0.2) is 0 Å². The highest BCUT2D eigenvalue weighted by molar-refractivity contribution is 5.85. The minimum Gasteiger partial charge on any atom is -0.497 e. The molecule has 168 valence electrons. The molecule has 2 aromatic carbocycles. The van der Waals surface area contributed by atoms with Crippen LogP contribution in [0, 0.1) is 0 Å². The summed E-state index contributed by atoms with van der Waals surface area (Å²) >= 11 is 0. The highest BCUT2D eigenvalue weighted by atomic mass is 16.7. The van der Waals surface area contributed by atoms with Gasteiger partial charge in [0.05, 0.1) is 25.8 Å². The normalized spacial score (nSPS) is 19.2. The van der Waals surface area contributed by atoms with E-state index in [0.29, 0.717) is 0 Å². The monoisotopic (exact) mass is 432 g/mol. The Morgan fingerprint density at radius 3 is 2.56 bits per heavy atom. The molecule has 5 heteroatoms. The maximum atomic E-state index is 6.01. The van der Waals surface area contributed by atoms with E-state index >= 15 is 0 Å². The van der Waals surface area contributed by atoms with E-state index in [1.165, 1.54) is 22.0 Å². The molecule has 2 saturated heterocycles. The van der Waals surface area contributed by atoms with Crippen molar-refractivity contribution in [3.8, 4) is 5.75 Å². The van der Waals surface area contributed by atoms with Crippen LogP contribution in [0.2, 0.25) is 0 Å². The van der Waals surface area contributed by atoms with E-state index in [-0.39, 0.29) is 5.79 Å². The first kappa shape index (κ1) is 21.3. The number of likely N-dealkylation sites (tertiary alicyclic amines) is 1. The van der Waals surface area contributed by atoms with Crippen LogP contribution in [0.25, 0.3) is 17.0 Å². The van der Waals surface area contributed by atoms with Crippen LogP contribution < -0.4 is 4.74 Å². The third kappa shape index (κ3) is 4.60. The molecule has 0 N–H and O–H groups in total. The molecular formula is C27H32N2O3. The van der Waals surface area contributed by atoms with E-state index in [2.05, 4.69) is 70.3 Å². The van der Waals surface area contributed by atoms with Crippen LogP contribution in [0.15, 0.2) is 60.8 Å². The predicted molar refractivity (Wildman–Crippen MR) is 128 cm³/mol. The standard InChI is InChI=1S/C27H32N2O3/c1-30-24-10-11-25-23(20-28-15-12-27(13-16-28)31-17-6-18-32-27)21-29(26(25)19-24)14-5-9-22-7-3-2-4-8-22/h2-5,7-11,19,21H,6,12-18,20H2,1H3/b9-5+. The number of hydrogen-bond acceptors (Lipinski definition) is 4. The summed E-state index contributed by atoms with van der Waals surface area (Å²) in [7, 11) is 1.73. The number of fused-ring (bicyclic) bond motifs is 1. The molecule has 2 aliphatic rings. The Balaban J connectivity index is 1.33. The largest absolute Gasteiger partial charge is 0.497 e. The van der Waals surface area contributed by atoms with Crippen LogP contribution in [-0.2, 0) is 22.6 Å². The average molecular weight is 433 g/mol. The van der Waals surface area contributed by atoms with E-state index in [0.717, 1.165) is 64.4 Å². The SMILES string of the molecule is COc1ccc2c(CN3CCC4(CC3)OCCCO4)cn(C/C=C/c3ccccc3)c2c1. The second-order valence-corrected chi connectivity index (χ2v) is 8.74. The number of allylic oxidation sites excluding steroid dienone is 1. The lowest BCUT2D eigenvalue weighted by Crippen LogP contribution is -2.49. The van der Waals surface area contributed by atoms with Crippen molar-refractivity contribution in [3.05, 3.63) is 71.9 Å². The third-order valence-corrected chi connectivity index (χ3v) is 6.61. The van der Waals surface area contributed by atoms with E-state index in [1.807, 2.05) is 6.07 Å². The van der Waals surface area contributed by atoms with Crippen LogP contribution >= 0.6 is 0 Å². The van der Waals surface area contributed by atoms with E-state index in [4.69, 9.17) is 14.2 Å². The van der Waals surface area contributed by atoms with Gasteiger partial charge in [-0.15, -0.1) is 0 Å². The molecule has 5 nitrogen and oxygen atoms in total. The second-order valence-electron chi connectivity index (χ2n) is 8.74. The molecule has 1 aromatic heterocycles. The zero-order chi connectivity index (χ0) is 21.8. The van der Waals surface area contributed by atoms with Gasteiger partial charge in [-0.3, -0.25) is 4.90 Å². The maximum absolute atomic E-state index is 6.01. The van der Waals surface area contributed by atoms with Gasteiger partial charge in [-0.2, -0.15) is 0 Å². The van der Waals surface area contributed by atoms with Gasteiger partial charge >= 0.3 is 0 Å². The zero-order valence-corrected chi connectivity index (χ0v) is 18.8. The van der Waals surface area contributed by atoms with Crippen molar-refractivity contribution < 1.29 is 14.2 Å². The predicted octanol–water partition coefficient (Wildman–Crippen LogP) is 5.09. The molecular weight excluding hydrogens is 400 g/mol. The van der Waals surface area contributed by atoms with Gasteiger partial charge in [0.1, 0.15) is 5.75 Å². The van der Waals surface area contributed by atoms with Crippen molar-refractivity contribution in [1.82, 2.24) is 9.47 Å². The molecule has 0 atom stereocenters. The van der Waals surface area contributed by atoms with Crippen molar-refractivity contribution in [2.24, 2.45) is 0 Å². The summed E-state index contributed by atoms with van der Waals surface area (Å²) in [5, 5.41) is 1.30. The van der Waals surface area contributed by atoms with Crippen molar-refractivity contribution in [3.63, 3.8) is 0 Å². The summed E-state index contributed by atoms with van der Waals surface area (Å²) in [4.78, 5) is 2.52. The fourth-order valence-corrected chi connectivity index (χ4v) is 4.82. The Labute approximate surface area is 190 Å². The van der Waals surface area contributed by atoms with Gasteiger partial charge in [0, 0.05) is 56.7 Å². The summed E-state index contributed by atoms with van der Waals surface area (Å²) in [6.45, 7) is 5.41. The molecule has 0 saturated carbocycles. The van der Waals surface area contributed by atoms with Gasteiger partial charge in [0.25, 0.3) is 0 Å². The number of piperidine rings is 1. The molecule has 3 heterocycles. The van der Waals surface area contributed by atoms with Gasteiger partial charge in [-0.05, 0) is 29.7 Å². The smallest absolute Gasteiger partial charge is 0.170 e. The highest BCUT2D eigenvalue weighted by Gasteiger charge is 2.38. The molecule has 2 fully saturated rings. The Bertz CT molecular complexity index is 1060. The van der Waals surface area contributed by atoms with Crippen LogP contribution in [0.1, 0.15) is 30.4 Å². The van der Waals surface area contributed by atoms with Crippen LogP contribution in [0.4, 0.5) is 0 Å². The molecule has 0 radical (unpaired) electrons. The van der Waals surface area contributed by atoms with E-state index in [1.54, 1.807) is 7.11 Å². The quantitative estimate of drug-likeness (QED) is 0.543. The lowest BCUT2D eigenvalue weighted by Gasteiger charge is -2.43.